The SMILES string of the molecule is CCOc1c(/C(C)=C/C(=O)N2CCN(C3CCCCC3)CC2)cc2c(-c3ccccc3)coc2c1C. The van der Waals surface area contributed by atoms with Gasteiger partial charge >= 0.3 is 0 Å². The van der Waals surface area contributed by atoms with Crippen molar-refractivity contribution in [3.63, 3.8) is 0 Å². The van der Waals surface area contributed by atoms with Crippen LogP contribution in [0.25, 0.3) is 27.7 Å². The lowest BCUT2D eigenvalue weighted by Crippen LogP contribution is -2.52. The second-order valence-electron chi connectivity index (χ2n) is 10.2. The second-order valence-corrected chi connectivity index (χ2v) is 10.2. The molecule has 2 fully saturated rings. The predicted molar refractivity (Wildman–Crippen MR) is 146 cm³/mol. The number of hydrogen-bond donors (Lipinski definition) is 0. The van der Waals surface area contributed by atoms with Gasteiger partial charge in [-0.15, -0.1) is 0 Å². The van der Waals surface area contributed by atoms with E-state index < -0.39 is 0 Å². The van der Waals surface area contributed by atoms with Crippen LogP contribution in [0, 0.1) is 6.92 Å². The minimum Gasteiger partial charge on any atom is -0.493 e. The summed E-state index contributed by atoms with van der Waals surface area (Å²) < 4.78 is 12.1. The topological polar surface area (TPSA) is 45.9 Å². The first-order valence-corrected chi connectivity index (χ1v) is 13.5. The first kappa shape index (κ1) is 24.6. The largest absolute Gasteiger partial charge is 0.493 e. The molecule has 1 aliphatic carbocycles. The monoisotopic (exact) mass is 486 g/mol. The number of hydrogen-bond acceptors (Lipinski definition) is 4. The number of nitrogens with zero attached hydrogens (tertiary/aromatic N) is 2. The van der Waals surface area contributed by atoms with Crippen molar-refractivity contribution in [1.29, 1.82) is 0 Å². The zero-order valence-electron chi connectivity index (χ0n) is 21.9. The first-order valence-electron chi connectivity index (χ1n) is 13.5. The maximum absolute atomic E-state index is 13.3. The Balaban J connectivity index is 1.40. The average molecular weight is 487 g/mol. The lowest BCUT2D eigenvalue weighted by Gasteiger charge is -2.40. The normalized spacial score (nSPS) is 18.1. The maximum Gasteiger partial charge on any atom is 0.246 e. The summed E-state index contributed by atoms with van der Waals surface area (Å²) in [4.78, 5) is 17.9. The van der Waals surface area contributed by atoms with E-state index in [1.54, 1.807) is 6.08 Å². The fourth-order valence-corrected chi connectivity index (χ4v) is 5.89. The van der Waals surface area contributed by atoms with Crippen molar-refractivity contribution in [3.05, 3.63) is 59.9 Å². The van der Waals surface area contributed by atoms with Gasteiger partial charge in [0.25, 0.3) is 0 Å². The third-order valence-electron chi connectivity index (χ3n) is 7.90. The number of furan rings is 1. The molecule has 1 aromatic heterocycles. The van der Waals surface area contributed by atoms with Crippen molar-refractivity contribution in [2.75, 3.05) is 32.8 Å². The van der Waals surface area contributed by atoms with Crippen molar-refractivity contribution in [3.8, 4) is 16.9 Å². The molecule has 3 aromatic rings. The average Bonchev–Trinajstić information content (AvgIpc) is 3.35. The zero-order valence-corrected chi connectivity index (χ0v) is 21.9. The van der Waals surface area contributed by atoms with E-state index in [4.69, 9.17) is 9.15 Å². The number of aryl methyl sites for hydroxylation is 1. The van der Waals surface area contributed by atoms with Gasteiger partial charge < -0.3 is 14.1 Å². The molecule has 0 unspecified atom stereocenters. The molecule has 36 heavy (non-hydrogen) atoms. The number of allylic oxidation sites excluding steroid dienone is 1. The first-order chi connectivity index (χ1) is 17.6. The zero-order chi connectivity index (χ0) is 25.1. The molecule has 0 N–H and O–H groups in total. The van der Waals surface area contributed by atoms with Gasteiger partial charge in [0.05, 0.1) is 12.9 Å². The molecule has 1 saturated heterocycles. The Labute approximate surface area is 214 Å². The number of fused-ring (bicyclic) bond motifs is 1. The molecule has 1 amide bonds. The van der Waals surface area contributed by atoms with E-state index in [9.17, 15) is 4.79 Å². The molecule has 2 heterocycles. The summed E-state index contributed by atoms with van der Waals surface area (Å²) in [5.41, 5.74) is 5.83. The molecule has 190 valence electrons. The third-order valence-corrected chi connectivity index (χ3v) is 7.90. The van der Waals surface area contributed by atoms with Crippen LogP contribution in [0.4, 0.5) is 0 Å². The summed E-state index contributed by atoms with van der Waals surface area (Å²) in [7, 11) is 0. The minimum atomic E-state index is 0.0893. The standard InChI is InChI=1S/C31H38N2O3/c1-4-35-30-23(3)31-27(28(21-36-31)24-11-7-5-8-12-24)20-26(30)22(2)19-29(34)33-17-15-32(16-18-33)25-13-9-6-10-14-25/h5,7-8,11-12,19-21,25H,4,6,9-10,13-18H2,1-3H3/b22-19+. The van der Waals surface area contributed by atoms with Crippen LogP contribution >= 0.6 is 0 Å². The van der Waals surface area contributed by atoms with E-state index in [1.165, 1.54) is 32.1 Å². The molecular weight excluding hydrogens is 448 g/mol. The molecular formula is C31H38N2O3. The number of carbonyl (C=O) groups excluding carboxylic acids is 1. The molecule has 5 heteroatoms. The maximum atomic E-state index is 13.3. The Kier molecular flexibility index (Phi) is 7.47. The van der Waals surface area contributed by atoms with E-state index in [2.05, 4.69) is 23.1 Å². The highest BCUT2D eigenvalue weighted by Gasteiger charge is 2.27. The number of amides is 1. The number of ether oxygens (including phenoxy) is 1. The lowest BCUT2D eigenvalue weighted by molar-refractivity contribution is -0.128. The van der Waals surface area contributed by atoms with Gasteiger partial charge in [-0.3, -0.25) is 9.69 Å². The van der Waals surface area contributed by atoms with Crippen LogP contribution in [0.3, 0.4) is 0 Å². The molecule has 2 aromatic carbocycles. The highest BCUT2D eigenvalue weighted by molar-refractivity contribution is 6.01. The van der Waals surface area contributed by atoms with Gasteiger partial charge in [0.2, 0.25) is 5.91 Å². The molecule has 0 bridgehead atoms. The van der Waals surface area contributed by atoms with Gasteiger partial charge in [-0.25, -0.2) is 0 Å². The minimum absolute atomic E-state index is 0.0893. The molecule has 1 aliphatic heterocycles. The van der Waals surface area contributed by atoms with Gasteiger partial charge in [-0.05, 0) is 50.8 Å². The van der Waals surface area contributed by atoms with Gasteiger partial charge in [-0.2, -0.15) is 0 Å². The Morgan fingerprint density at radius 3 is 2.50 bits per heavy atom. The van der Waals surface area contributed by atoms with E-state index in [0.717, 1.165) is 70.7 Å². The summed E-state index contributed by atoms with van der Waals surface area (Å²) in [5, 5.41) is 1.04. The van der Waals surface area contributed by atoms with Gasteiger partial charge in [-0.1, -0.05) is 49.6 Å². The Bertz CT molecular complexity index is 1230. The molecule has 0 radical (unpaired) electrons. The van der Waals surface area contributed by atoms with Gasteiger partial charge in [0, 0.05) is 60.4 Å². The quantitative estimate of drug-likeness (QED) is 0.364. The smallest absolute Gasteiger partial charge is 0.246 e. The van der Waals surface area contributed by atoms with E-state index >= 15 is 0 Å². The third kappa shape index (κ3) is 4.94. The number of rotatable bonds is 6. The predicted octanol–water partition coefficient (Wildman–Crippen LogP) is 6.69. The molecule has 1 saturated carbocycles. The van der Waals surface area contributed by atoms with Gasteiger partial charge in [0.1, 0.15) is 11.3 Å². The molecule has 0 atom stereocenters. The van der Waals surface area contributed by atoms with Crippen LogP contribution < -0.4 is 4.74 Å². The molecule has 0 spiro atoms. The highest BCUT2D eigenvalue weighted by atomic mass is 16.5. The van der Waals surface area contributed by atoms with Crippen LogP contribution in [0.2, 0.25) is 0 Å². The number of piperazine rings is 1. The van der Waals surface area contributed by atoms with Crippen molar-refractivity contribution in [1.82, 2.24) is 9.80 Å². The van der Waals surface area contributed by atoms with E-state index in [0.29, 0.717) is 12.6 Å². The molecule has 5 nitrogen and oxygen atoms in total. The Hall–Kier alpha value is -3.05. The lowest BCUT2D eigenvalue weighted by atomic mass is 9.94. The summed E-state index contributed by atoms with van der Waals surface area (Å²) >= 11 is 0. The summed E-state index contributed by atoms with van der Waals surface area (Å²) in [6.07, 6.45) is 10.3. The molecule has 5 rings (SSSR count). The van der Waals surface area contributed by atoms with Crippen LogP contribution in [0.1, 0.15) is 57.1 Å². The fourth-order valence-electron chi connectivity index (χ4n) is 5.89. The number of carbonyl (C=O) groups is 1. The van der Waals surface area contributed by atoms with Crippen molar-refractivity contribution >= 4 is 22.4 Å². The molecule has 2 aliphatic rings. The van der Waals surface area contributed by atoms with E-state index in [1.807, 2.05) is 50.1 Å². The van der Waals surface area contributed by atoms with Crippen LogP contribution in [0.15, 0.2) is 53.2 Å². The van der Waals surface area contributed by atoms with Crippen molar-refractivity contribution in [2.45, 2.75) is 58.9 Å². The second kappa shape index (κ2) is 10.9. The Morgan fingerprint density at radius 1 is 1.08 bits per heavy atom. The summed E-state index contributed by atoms with van der Waals surface area (Å²) in [5.74, 6) is 0.883. The number of benzene rings is 2. The van der Waals surface area contributed by atoms with Crippen LogP contribution in [-0.2, 0) is 4.79 Å². The van der Waals surface area contributed by atoms with Gasteiger partial charge in [0.15, 0.2) is 0 Å². The fraction of sp³-hybridized carbons (Fsp3) is 0.452. The van der Waals surface area contributed by atoms with Crippen molar-refractivity contribution < 1.29 is 13.9 Å². The Morgan fingerprint density at radius 2 is 1.81 bits per heavy atom. The van der Waals surface area contributed by atoms with Crippen LogP contribution in [-0.4, -0.2) is 54.5 Å². The summed E-state index contributed by atoms with van der Waals surface area (Å²) in [6.45, 7) is 10.2. The van der Waals surface area contributed by atoms with Crippen LogP contribution in [0.5, 0.6) is 5.75 Å². The van der Waals surface area contributed by atoms with E-state index in [-0.39, 0.29) is 5.91 Å². The van der Waals surface area contributed by atoms with Crippen molar-refractivity contribution in [2.24, 2.45) is 0 Å². The highest BCUT2D eigenvalue weighted by Crippen LogP contribution is 2.40. The summed E-state index contributed by atoms with van der Waals surface area (Å²) in [6, 6.07) is 13.1.